The number of H-pyrrole nitrogens is 1. The fraction of sp³-hybridized carbons (Fsp3) is 0.182. The number of nitrogens with one attached hydrogen (secondary N) is 1. The molecule has 0 unspecified atom stereocenters. The molecule has 1 aromatic carbocycles. The van der Waals surface area contributed by atoms with Crippen molar-refractivity contribution >= 4 is 16.7 Å². The van der Waals surface area contributed by atoms with E-state index in [0.717, 1.165) is 5.52 Å². The summed E-state index contributed by atoms with van der Waals surface area (Å²) in [5, 5.41) is 0.653. The summed E-state index contributed by atoms with van der Waals surface area (Å²) >= 11 is 0. The fourth-order valence-electron chi connectivity index (χ4n) is 1.58. The molecule has 0 saturated carbocycles. The molecule has 0 aliphatic heterocycles. The smallest absolute Gasteiger partial charge is 0.361 e. The van der Waals surface area contributed by atoms with E-state index in [1.807, 2.05) is 0 Å². The summed E-state index contributed by atoms with van der Waals surface area (Å²) in [5.41, 5.74) is 1.12. The van der Waals surface area contributed by atoms with Gasteiger partial charge in [0.2, 0.25) is 5.78 Å². The Labute approximate surface area is 89.1 Å². The van der Waals surface area contributed by atoms with Gasteiger partial charge in [0.05, 0.1) is 0 Å². The van der Waals surface area contributed by atoms with Crippen LogP contribution in [0.4, 0.5) is 13.2 Å². The molecular weight excluding hydrogens is 219 g/mol. The average Bonchev–Trinajstić information content (AvgIpc) is 2.65. The molecule has 0 aliphatic carbocycles. The zero-order valence-electron chi connectivity index (χ0n) is 8.14. The Morgan fingerprint density at radius 2 is 2.00 bits per heavy atom. The number of carbonyl (C=O) groups excluding carboxylic acids is 1. The fourth-order valence-corrected chi connectivity index (χ4v) is 1.58. The molecule has 84 valence electrons. The number of hydrogen-bond donors (Lipinski definition) is 1. The summed E-state index contributed by atoms with van der Waals surface area (Å²) in [6, 6.07) is 6.56. The monoisotopic (exact) mass is 227 g/mol. The van der Waals surface area contributed by atoms with Crippen molar-refractivity contribution in [2.75, 3.05) is 0 Å². The van der Waals surface area contributed by atoms with Gasteiger partial charge in [0.1, 0.15) is 0 Å². The van der Waals surface area contributed by atoms with Gasteiger partial charge in [-0.3, -0.25) is 4.79 Å². The predicted octanol–water partition coefficient (Wildman–Crippen LogP) is 2.84. The first kappa shape index (κ1) is 10.7. The van der Waals surface area contributed by atoms with Crippen molar-refractivity contribution in [3.8, 4) is 0 Å². The SMILES string of the molecule is O=C(Cc1cccc2[nH]ccc12)C(F)(F)F. The molecule has 16 heavy (non-hydrogen) atoms. The number of halogens is 3. The molecule has 2 nitrogen and oxygen atoms in total. The Balaban J connectivity index is 2.35. The van der Waals surface area contributed by atoms with Crippen molar-refractivity contribution in [3.05, 3.63) is 36.0 Å². The molecule has 1 N–H and O–H groups in total. The molecule has 1 heterocycles. The van der Waals surface area contributed by atoms with E-state index < -0.39 is 18.4 Å². The molecule has 2 aromatic rings. The first-order valence-corrected chi connectivity index (χ1v) is 4.63. The topological polar surface area (TPSA) is 32.9 Å². The van der Waals surface area contributed by atoms with Crippen LogP contribution >= 0.6 is 0 Å². The van der Waals surface area contributed by atoms with Crippen molar-refractivity contribution in [1.82, 2.24) is 4.98 Å². The van der Waals surface area contributed by atoms with Crippen LogP contribution in [0.25, 0.3) is 10.9 Å². The van der Waals surface area contributed by atoms with E-state index >= 15 is 0 Å². The first-order chi connectivity index (χ1) is 7.48. The molecule has 0 aliphatic rings. The molecule has 0 radical (unpaired) electrons. The second kappa shape index (κ2) is 3.66. The Hall–Kier alpha value is -1.78. The minimum absolute atomic E-state index is 0.390. The number of ketones is 1. The Morgan fingerprint density at radius 1 is 1.25 bits per heavy atom. The van der Waals surface area contributed by atoms with E-state index in [-0.39, 0.29) is 0 Å². The van der Waals surface area contributed by atoms with Crippen LogP contribution in [0.2, 0.25) is 0 Å². The third kappa shape index (κ3) is 1.93. The van der Waals surface area contributed by atoms with E-state index in [1.165, 1.54) is 6.07 Å². The van der Waals surface area contributed by atoms with Crippen LogP contribution in [0, 0.1) is 0 Å². The van der Waals surface area contributed by atoms with Gasteiger partial charge in [-0.25, -0.2) is 0 Å². The summed E-state index contributed by atoms with van der Waals surface area (Å²) in [7, 11) is 0. The summed E-state index contributed by atoms with van der Waals surface area (Å²) in [6.45, 7) is 0. The molecule has 0 saturated heterocycles. The van der Waals surface area contributed by atoms with Gasteiger partial charge in [-0.2, -0.15) is 13.2 Å². The van der Waals surface area contributed by atoms with Crippen LogP contribution in [0.15, 0.2) is 30.5 Å². The molecule has 0 fully saturated rings. The number of aromatic nitrogens is 1. The molecule has 5 heteroatoms. The highest BCUT2D eigenvalue weighted by molar-refractivity contribution is 5.91. The van der Waals surface area contributed by atoms with Crippen LogP contribution in [0.5, 0.6) is 0 Å². The number of rotatable bonds is 2. The Morgan fingerprint density at radius 3 is 2.69 bits per heavy atom. The van der Waals surface area contributed by atoms with E-state index in [0.29, 0.717) is 10.9 Å². The van der Waals surface area contributed by atoms with Crippen LogP contribution in [0.3, 0.4) is 0 Å². The number of aromatic amines is 1. The van der Waals surface area contributed by atoms with Crippen molar-refractivity contribution < 1.29 is 18.0 Å². The molecule has 0 atom stereocenters. The van der Waals surface area contributed by atoms with Crippen molar-refractivity contribution in [2.45, 2.75) is 12.6 Å². The summed E-state index contributed by atoms with van der Waals surface area (Å²) in [5.74, 6) is -1.72. The molecule has 1 aromatic heterocycles. The van der Waals surface area contributed by atoms with Crippen LogP contribution < -0.4 is 0 Å². The highest BCUT2D eigenvalue weighted by atomic mass is 19.4. The zero-order valence-corrected chi connectivity index (χ0v) is 8.14. The van der Waals surface area contributed by atoms with E-state index in [4.69, 9.17) is 0 Å². The number of Topliss-reactive ketones (excluding diaryl/α,β-unsaturated/α-hetero) is 1. The molecule has 0 amide bonds. The van der Waals surface area contributed by atoms with Crippen molar-refractivity contribution in [2.24, 2.45) is 0 Å². The average molecular weight is 227 g/mol. The third-order valence-electron chi connectivity index (χ3n) is 2.35. The van der Waals surface area contributed by atoms with Gasteiger partial charge in [-0.1, -0.05) is 12.1 Å². The Bertz CT molecular complexity index is 527. The summed E-state index contributed by atoms with van der Waals surface area (Å²) < 4.78 is 36.3. The van der Waals surface area contributed by atoms with Gasteiger partial charge in [0, 0.05) is 23.5 Å². The molecule has 2 rings (SSSR count). The highest BCUT2D eigenvalue weighted by Gasteiger charge is 2.37. The highest BCUT2D eigenvalue weighted by Crippen LogP contribution is 2.23. The van der Waals surface area contributed by atoms with Crippen molar-refractivity contribution in [1.29, 1.82) is 0 Å². The van der Waals surface area contributed by atoms with Gasteiger partial charge in [-0.15, -0.1) is 0 Å². The van der Waals surface area contributed by atoms with Gasteiger partial charge >= 0.3 is 6.18 Å². The maximum Gasteiger partial charge on any atom is 0.450 e. The minimum atomic E-state index is -4.77. The number of alkyl halides is 3. The van der Waals surface area contributed by atoms with E-state index in [1.54, 1.807) is 24.4 Å². The number of fused-ring (bicyclic) bond motifs is 1. The van der Waals surface area contributed by atoms with Crippen molar-refractivity contribution in [3.63, 3.8) is 0 Å². The molecular formula is C11H8F3NO. The second-order valence-electron chi connectivity index (χ2n) is 3.45. The van der Waals surface area contributed by atoms with Crippen LogP contribution in [0.1, 0.15) is 5.56 Å². The Kier molecular flexibility index (Phi) is 2.46. The van der Waals surface area contributed by atoms with Gasteiger partial charge in [0.15, 0.2) is 0 Å². The normalized spacial score (nSPS) is 11.9. The molecule has 0 spiro atoms. The third-order valence-corrected chi connectivity index (χ3v) is 2.35. The lowest BCUT2D eigenvalue weighted by molar-refractivity contribution is -0.170. The summed E-state index contributed by atoms with van der Waals surface area (Å²) in [6.07, 6.45) is -3.75. The lowest BCUT2D eigenvalue weighted by atomic mass is 10.0. The maximum atomic E-state index is 12.1. The maximum absolute atomic E-state index is 12.1. The van der Waals surface area contributed by atoms with Crippen LogP contribution in [-0.4, -0.2) is 16.9 Å². The lowest BCUT2D eigenvalue weighted by Crippen LogP contribution is -2.24. The quantitative estimate of drug-likeness (QED) is 0.840. The standard InChI is InChI=1S/C11H8F3NO/c12-11(13,14)10(16)6-7-2-1-3-9-8(7)4-5-15-9/h1-5,15H,6H2. The predicted molar refractivity (Wildman–Crippen MR) is 53.1 cm³/mol. The van der Waals surface area contributed by atoms with E-state index in [9.17, 15) is 18.0 Å². The zero-order chi connectivity index (χ0) is 11.8. The first-order valence-electron chi connectivity index (χ1n) is 4.63. The minimum Gasteiger partial charge on any atom is -0.361 e. The lowest BCUT2D eigenvalue weighted by Gasteiger charge is -2.05. The van der Waals surface area contributed by atoms with E-state index in [2.05, 4.69) is 4.98 Å². The summed E-state index contributed by atoms with van der Waals surface area (Å²) in [4.78, 5) is 13.7. The number of benzene rings is 1. The number of carbonyl (C=O) groups is 1. The number of hydrogen-bond acceptors (Lipinski definition) is 1. The van der Waals surface area contributed by atoms with Crippen LogP contribution in [-0.2, 0) is 11.2 Å². The van der Waals surface area contributed by atoms with Gasteiger partial charge < -0.3 is 4.98 Å². The van der Waals surface area contributed by atoms with Gasteiger partial charge in [-0.05, 0) is 17.7 Å². The largest absolute Gasteiger partial charge is 0.450 e. The molecule has 0 bridgehead atoms. The second-order valence-corrected chi connectivity index (χ2v) is 3.45. The van der Waals surface area contributed by atoms with Gasteiger partial charge in [0.25, 0.3) is 0 Å².